The molecule has 1 N–H and O–H groups in total. The molecule has 0 aliphatic rings. The van der Waals surface area contributed by atoms with Crippen molar-refractivity contribution in [2.75, 3.05) is 4.72 Å². The molecule has 1 aromatic heterocycles. The average molecular weight is 287 g/mol. The lowest BCUT2D eigenvalue weighted by molar-refractivity contribution is 0.423. The largest absolute Gasteiger partial charge is 0.363 e. The van der Waals surface area contributed by atoms with Crippen molar-refractivity contribution in [3.8, 4) is 0 Å². The lowest BCUT2D eigenvalue weighted by Crippen LogP contribution is -2.14. The minimum Gasteiger partial charge on any atom is -0.363 e. The van der Waals surface area contributed by atoms with Crippen LogP contribution in [-0.4, -0.2) is 13.6 Å². The van der Waals surface area contributed by atoms with E-state index >= 15 is 0 Å². The highest BCUT2D eigenvalue weighted by molar-refractivity contribution is 7.92. The standard InChI is InChI=1S/C11H11ClN2O3S/c1-7-6-10(8(2)5-9(7)12)18(15,16)14-11-3-4-17-13-11/h3-6H,1-2H3,(H,13,14). The fourth-order valence-corrected chi connectivity index (χ4v) is 3.03. The number of rotatable bonds is 3. The zero-order valence-electron chi connectivity index (χ0n) is 9.77. The number of hydrogen-bond acceptors (Lipinski definition) is 4. The van der Waals surface area contributed by atoms with Gasteiger partial charge in [-0.25, -0.2) is 8.42 Å². The van der Waals surface area contributed by atoms with Crippen LogP contribution in [0.25, 0.3) is 0 Å². The van der Waals surface area contributed by atoms with Gasteiger partial charge in [0, 0.05) is 11.1 Å². The molecule has 0 atom stereocenters. The van der Waals surface area contributed by atoms with E-state index in [4.69, 9.17) is 11.6 Å². The Balaban J connectivity index is 2.44. The number of hydrogen-bond donors (Lipinski definition) is 1. The maximum atomic E-state index is 12.1. The van der Waals surface area contributed by atoms with E-state index < -0.39 is 10.0 Å². The van der Waals surface area contributed by atoms with Crippen LogP contribution in [0.3, 0.4) is 0 Å². The van der Waals surface area contributed by atoms with Crippen LogP contribution in [0.4, 0.5) is 5.82 Å². The highest BCUT2D eigenvalue weighted by Crippen LogP contribution is 2.25. The van der Waals surface area contributed by atoms with Gasteiger partial charge in [0.05, 0.1) is 4.90 Å². The zero-order chi connectivity index (χ0) is 13.3. The molecule has 1 heterocycles. The van der Waals surface area contributed by atoms with E-state index in [-0.39, 0.29) is 10.7 Å². The van der Waals surface area contributed by atoms with Crippen LogP contribution in [0.15, 0.2) is 33.9 Å². The van der Waals surface area contributed by atoms with E-state index in [0.29, 0.717) is 16.1 Å². The van der Waals surface area contributed by atoms with Gasteiger partial charge in [0.2, 0.25) is 0 Å². The van der Waals surface area contributed by atoms with Crippen LogP contribution in [0.1, 0.15) is 11.1 Å². The minimum absolute atomic E-state index is 0.141. The Kier molecular flexibility index (Phi) is 3.32. The van der Waals surface area contributed by atoms with Crippen molar-refractivity contribution in [3.05, 3.63) is 40.6 Å². The third-order valence-electron chi connectivity index (χ3n) is 2.42. The summed E-state index contributed by atoms with van der Waals surface area (Å²) < 4.78 is 31.2. The monoisotopic (exact) mass is 286 g/mol. The van der Waals surface area contributed by atoms with Crippen molar-refractivity contribution in [2.45, 2.75) is 18.7 Å². The molecule has 0 fully saturated rings. The topological polar surface area (TPSA) is 72.2 Å². The van der Waals surface area contributed by atoms with Crippen molar-refractivity contribution < 1.29 is 12.9 Å². The maximum absolute atomic E-state index is 12.1. The van der Waals surface area contributed by atoms with Crippen LogP contribution in [0.2, 0.25) is 5.02 Å². The van der Waals surface area contributed by atoms with Crippen molar-refractivity contribution in [2.24, 2.45) is 0 Å². The third kappa shape index (κ3) is 2.49. The number of nitrogens with zero attached hydrogens (tertiary/aromatic N) is 1. The van der Waals surface area contributed by atoms with Crippen molar-refractivity contribution >= 4 is 27.4 Å². The molecule has 0 radical (unpaired) electrons. The Morgan fingerprint density at radius 3 is 2.61 bits per heavy atom. The van der Waals surface area contributed by atoms with Crippen LogP contribution in [0.5, 0.6) is 0 Å². The first-order chi connectivity index (χ1) is 8.40. The molecule has 18 heavy (non-hydrogen) atoms. The molecule has 5 nitrogen and oxygen atoms in total. The highest BCUT2D eigenvalue weighted by atomic mass is 35.5. The summed E-state index contributed by atoms with van der Waals surface area (Å²) in [6.07, 6.45) is 1.29. The summed E-state index contributed by atoms with van der Waals surface area (Å²) in [4.78, 5) is 0.174. The van der Waals surface area contributed by atoms with Crippen LogP contribution < -0.4 is 4.72 Å². The predicted molar refractivity (Wildman–Crippen MR) is 68.2 cm³/mol. The molecule has 0 aliphatic carbocycles. The van der Waals surface area contributed by atoms with Crippen LogP contribution in [0, 0.1) is 13.8 Å². The van der Waals surface area contributed by atoms with E-state index in [1.54, 1.807) is 19.9 Å². The van der Waals surface area contributed by atoms with Crippen molar-refractivity contribution in [3.63, 3.8) is 0 Å². The second-order valence-electron chi connectivity index (χ2n) is 3.86. The molecule has 0 unspecified atom stereocenters. The molecule has 0 amide bonds. The van der Waals surface area contributed by atoms with Gasteiger partial charge in [-0.1, -0.05) is 16.8 Å². The van der Waals surface area contributed by atoms with Gasteiger partial charge in [0.1, 0.15) is 6.26 Å². The van der Waals surface area contributed by atoms with E-state index in [2.05, 4.69) is 14.4 Å². The van der Waals surface area contributed by atoms with E-state index in [9.17, 15) is 8.42 Å². The molecule has 2 rings (SSSR count). The van der Waals surface area contributed by atoms with Crippen molar-refractivity contribution in [1.29, 1.82) is 0 Å². The molecule has 7 heteroatoms. The molecule has 0 saturated heterocycles. The Hall–Kier alpha value is -1.53. The normalized spacial score (nSPS) is 11.5. The van der Waals surface area contributed by atoms with Crippen molar-refractivity contribution in [1.82, 2.24) is 5.16 Å². The average Bonchev–Trinajstić information content (AvgIpc) is 2.75. The van der Waals surface area contributed by atoms with Gasteiger partial charge in [-0.15, -0.1) is 0 Å². The Morgan fingerprint density at radius 2 is 2.00 bits per heavy atom. The first-order valence-electron chi connectivity index (χ1n) is 5.10. The number of aromatic nitrogens is 1. The second-order valence-corrected chi connectivity index (χ2v) is 5.92. The molecule has 1 aromatic carbocycles. The summed E-state index contributed by atoms with van der Waals surface area (Å²) in [7, 11) is -3.68. The Labute approximate surface area is 110 Å². The van der Waals surface area contributed by atoms with Gasteiger partial charge in [-0.2, -0.15) is 0 Å². The molecule has 0 bridgehead atoms. The van der Waals surface area contributed by atoms with Crippen LogP contribution in [-0.2, 0) is 10.0 Å². The second kappa shape index (κ2) is 4.62. The molecule has 96 valence electrons. The fraction of sp³-hybridized carbons (Fsp3) is 0.182. The highest BCUT2D eigenvalue weighted by Gasteiger charge is 2.19. The summed E-state index contributed by atoms with van der Waals surface area (Å²) >= 11 is 5.94. The Morgan fingerprint density at radius 1 is 1.28 bits per heavy atom. The van der Waals surface area contributed by atoms with Gasteiger partial charge in [-0.05, 0) is 37.1 Å². The zero-order valence-corrected chi connectivity index (χ0v) is 11.3. The summed E-state index contributed by atoms with van der Waals surface area (Å²) in [5.41, 5.74) is 1.27. The summed E-state index contributed by atoms with van der Waals surface area (Å²) in [6, 6.07) is 4.57. The number of halogens is 1. The molecule has 2 aromatic rings. The number of nitrogens with one attached hydrogen (secondary N) is 1. The fourth-order valence-electron chi connectivity index (χ4n) is 1.50. The Bertz CT molecular complexity index is 666. The summed E-state index contributed by atoms with van der Waals surface area (Å²) in [5, 5.41) is 4.04. The van der Waals surface area contributed by atoms with Gasteiger partial charge >= 0.3 is 0 Å². The molecular weight excluding hydrogens is 276 g/mol. The van der Waals surface area contributed by atoms with Gasteiger partial charge in [0.15, 0.2) is 5.82 Å². The molecule has 0 saturated carbocycles. The quantitative estimate of drug-likeness (QED) is 0.941. The minimum atomic E-state index is -3.68. The maximum Gasteiger partial charge on any atom is 0.263 e. The smallest absolute Gasteiger partial charge is 0.263 e. The number of sulfonamides is 1. The lowest BCUT2D eigenvalue weighted by Gasteiger charge is -2.10. The SMILES string of the molecule is Cc1cc(S(=O)(=O)Nc2ccon2)c(C)cc1Cl. The number of anilines is 1. The first kappa shape index (κ1) is 12.9. The van der Waals surface area contributed by atoms with E-state index in [1.807, 2.05) is 0 Å². The number of aryl methyl sites for hydroxylation is 2. The van der Waals surface area contributed by atoms with Gasteiger partial charge in [0.25, 0.3) is 10.0 Å². The predicted octanol–water partition coefficient (Wildman–Crippen LogP) is 2.75. The third-order valence-corrected chi connectivity index (χ3v) is 4.33. The van der Waals surface area contributed by atoms with E-state index in [0.717, 1.165) is 0 Å². The molecule has 0 spiro atoms. The van der Waals surface area contributed by atoms with E-state index in [1.165, 1.54) is 18.4 Å². The van der Waals surface area contributed by atoms with Gasteiger partial charge < -0.3 is 4.52 Å². The molecular formula is C11H11ClN2O3S. The number of benzene rings is 1. The van der Waals surface area contributed by atoms with Gasteiger partial charge in [-0.3, -0.25) is 4.72 Å². The lowest BCUT2D eigenvalue weighted by atomic mass is 10.2. The van der Waals surface area contributed by atoms with Crippen LogP contribution >= 0.6 is 11.6 Å². The molecule has 0 aliphatic heterocycles. The first-order valence-corrected chi connectivity index (χ1v) is 6.96. The summed E-state index contributed by atoms with van der Waals surface area (Å²) in [6.45, 7) is 3.43. The summed E-state index contributed by atoms with van der Waals surface area (Å²) in [5.74, 6) is 0.141.